The third-order valence-electron chi connectivity index (χ3n) is 6.83. The normalized spacial score (nSPS) is 18.4. The van der Waals surface area contributed by atoms with E-state index in [2.05, 4.69) is 9.97 Å². The van der Waals surface area contributed by atoms with Crippen LogP contribution in [0.2, 0.25) is 0 Å². The summed E-state index contributed by atoms with van der Waals surface area (Å²) in [6.07, 6.45) is 5.61. The van der Waals surface area contributed by atoms with Crippen LogP contribution in [0.5, 0.6) is 11.5 Å². The number of imidazole rings is 1. The average molecular weight is 561 g/mol. The zero-order valence-corrected chi connectivity index (χ0v) is 21.8. The number of carboxylic acid groups (broad SMARTS) is 1. The fraction of sp³-hybridized carbons (Fsp3) is 0.172. The predicted octanol–water partition coefficient (Wildman–Crippen LogP) is 5.68. The Morgan fingerprint density at radius 1 is 1.18 bits per heavy atom. The van der Waals surface area contributed by atoms with Crippen LogP contribution in [0.4, 0.5) is 8.78 Å². The third kappa shape index (κ3) is 4.72. The van der Waals surface area contributed by atoms with Crippen molar-refractivity contribution in [3.05, 3.63) is 94.4 Å². The maximum atomic E-state index is 15.5. The number of ether oxygens (including phenoxy) is 2. The van der Waals surface area contributed by atoms with Crippen LogP contribution in [0, 0.1) is 23.0 Å². The van der Waals surface area contributed by atoms with E-state index in [9.17, 15) is 9.90 Å². The number of aliphatic carboxylic acids is 1. The monoisotopic (exact) mass is 560 g/mol. The van der Waals surface area contributed by atoms with Gasteiger partial charge < -0.3 is 19.1 Å². The van der Waals surface area contributed by atoms with Gasteiger partial charge in [0.25, 0.3) is 0 Å². The fourth-order valence-electron chi connectivity index (χ4n) is 4.74. The Morgan fingerprint density at radius 2 is 1.95 bits per heavy atom. The molecule has 2 aromatic carbocycles. The van der Waals surface area contributed by atoms with E-state index in [0.717, 1.165) is 18.6 Å². The number of halogens is 2. The highest BCUT2D eigenvalue weighted by Gasteiger charge is 2.34. The smallest absolute Gasteiger partial charge is 0.340 e. The average Bonchev–Trinajstić information content (AvgIpc) is 3.49. The van der Waals surface area contributed by atoms with Crippen molar-refractivity contribution in [3.63, 3.8) is 0 Å². The zero-order valence-electron chi connectivity index (χ0n) is 20.9. The maximum absolute atomic E-state index is 15.5. The number of carbonyl (C=O) groups is 1. The van der Waals surface area contributed by atoms with Gasteiger partial charge in [-0.25, -0.2) is 18.6 Å². The Kier molecular flexibility index (Phi) is 6.79. The molecular weight excluding hydrogens is 538 g/mol. The number of benzene rings is 2. The number of rotatable bonds is 8. The summed E-state index contributed by atoms with van der Waals surface area (Å²) in [5.74, 6) is -2.07. The Morgan fingerprint density at radius 3 is 2.65 bits per heavy atom. The Balaban J connectivity index is 1.39. The first kappa shape index (κ1) is 25.7. The molecule has 1 N–H and O–H groups in total. The second kappa shape index (κ2) is 10.6. The fourth-order valence-corrected chi connectivity index (χ4v) is 7.08. The highest BCUT2D eigenvalue weighted by Crippen LogP contribution is 2.55. The van der Waals surface area contributed by atoms with E-state index in [4.69, 9.17) is 14.7 Å². The van der Waals surface area contributed by atoms with Crippen molar-refractivity contribution >= 4 is 22.9 Å². The minimum Gasteiger partial charge on any atom is -0.477 e. The van der Waals surface area contributed by atoms with E-state index in [1.807, 2.05) is 10.6 Å². The molecule has 0 saturated carbocycles. The minimum absolute atomic E-state index is 0.00799. The molecule has 11 heteroatoms. The molecule has 4 heterocycles. The Bertz CT molecular complexity index is 1690. The van der Waals surface area contributed by atoms with Crippen molar-refractivity contribution in [2.45, 2.75) is 29.8 Å². The van der Waals surface area contributed by atoms with Crippen LogP contribution in [0.3, 0.4) is 0 Å². The molecule has 40 heavy (non-hydrogen) atoms. The number of fused-ring (bicyclic) bond motifs is 1. The first-order valence-corrected chi connectivity index (χ1v) is 13.9. The number of pyridine rings is 1. The van der Waals surface area contributed by atoms with Crippen LogP contribution < -0.4 is 4.74 Å². The number of nitrogens with zero attached hydrogens (tertiary/aromatic N) is 4. The summed E-state index contributed by atoms with van der Waals surface area (Å²) in [6.45, 7) is 1.23. The maximum Gasteiger partial charge on any atom is 0.340 e. The van der Waals surface area contributed by atoms with Crippen molar-refractivity contribution in [1.82, 2.24) is 14.5 Å². The lowest BCUT2D eigenvalue weighted by molar-refractivity contribution is -0.131. The Labute approximate surface area is 230 Å². The van der Waals surface area contributed by atoms with E-state index in [0.29, 0.717) is 35.2 Å². The van der Waals surface area contributed by atoms with Crippen LogP contribution in [0.25, 0.3) is 17.3 Å². The molecule has 0 amide bonds. The van der Waals surface area contributed by atoms with Gasteiger partial charge in [0, 0.05) is 29.7 Å². The Hall–Kier alpha value is -4.53. The van der Waals surface area contributed by atoms with Gasteiger partial charge >= 0.3 is 5.97 Å². The van der Waals surface area contributed by atoms with Gasteiger partial charge in [0.2, 0.25) is 0 Å². The van der Waals surface area contributed by atoms with Crippen molar-refractivity contribution < 1.29 is 28.2 Å². The van der Waals surface area contributed by atoms with Crippen molar-refractivity contribution in [3.8, 4) is 28.8 Å². The number of hydrogen-bond acceptors (Lipinski definition) is 6. The summed E-state index contributed by atoms with van der Waals surface area (Å²) in [5.41, 5.74) is 1.06. The lowest BCUT2D eigenvalue weighted by Crippen LogP contribution is -2.31. The highest BCUT2D eigenvalue weighted by molar-refractivity contribution is 8.20. The molecule has 1 saturated heterocycles. The quantitative estimate of drug-likeness (QED) is 0.267. The molecule has 0 aliphatic carbocycles. The van der Waals surface area contributed by atoms with E-state index >= 15 is 8.78 Å². The second-order valence-electron chi connectivity index (χ2n) is 9.28. The second-order valence-corrected chi connectivity index (χ2v) is 11.4. The molecular formula is C29H22F2N4O4S. The molecule has 8 nitrogen and oxygen atoms in total. The summed E-state index contributed by atoms with van der Waals surface area (Å²) in [4.78, 5) is 21.2. The number of nitriles is 1. The molecule has 1 fully saturated rings. The van der Waals surface area contributed by atoms with Crippen LogP contribution in [0.1, 0.15) is 23.2 Å². The molecule has 4 aromatic rings. The summed E-state index contributed by atoms with van der Waals surface area (Å²) < 4.78 is 44.3. The number of aromatic nitrogens is 3. The first-order valence-electron chi connectivity index (χ1n) is 12.4. The summed E-state index contributed by atoms with van der Waals surface area (Å²) in [6, 6.07) is 13.6. The van der Waals surface area contributed by atoms with Crippen LogP contribution >= 0.6 is 10.9 Å². The minimum atomic E-state index is -1.65. The SMILES string of the molecule is N#Cc1ccc(Oc2cccnc2-c2c(F)ccc(F)c2C[SH]2C(C(=O)O)=Cc3c2ncn3CC2CCO2)cc1. The molecule has 0 bridgehead atoms. The van der Waals surface area contributed by atoms with Crippen molar-refractivity contribution in [1.29, 1.82) is 5.26 Å². The van der Waals surface area contributed by atoms with Crippen LogP contribution in [-0.2, 0) is 21.8 Å². The molecule has 6 rings (SSSR count). The van der Waals surface area contributed by atoms with E-state index in [-0.39, 0.29) is 39.3 Å². The van der Waals surface area contributed by atoms with Gasteiger partial charge in [0.15, 0.2) is 5.75 Å². The molecule has 202 valence electrons. The number of thiol groups is 1. The van der Waals surface area contributed by atoms with Crippen molar-refractivity contribution in [2.75, 3.05) is 6.61 Å². The van der Waals surface area contributed by atoms with Gasteiger partial charge in [-0.3, -0.25) is 4.98 Å². The van der Waals surface area contributed by atoms with Gasteiger partial charge in [-0.1, -0.05) is 0 Å². The van der Waals surface area contributed by atoms with E-state index in [1.165, 1.54) is 6.20 Å². The molecule has 2 aliphatic heterocycles. The third-order valence-corrected chi connectivity index (χ3v) is 9.22. The lowest BCUT2D eigenvalue weighted by atomic mass is 10.0. The number of carboxylic acids is 1. The number of hydrogen-bond donors (Lipinski definition) is 2. The first-order chi connectivity index (χ1) is 19.4. The van der Waals surface area contributed by atoms with Crippen molar-refractivity contribution in [2.24, 2.45) is 0 Å². The molecule has 2 atom stereocenters. The molecule has 0 spiro atoms. The molecule has 2 aromatic heterocycles. The molecule has 2 unspecified atom stereocenters. The predicted molar refractivity (Wildman–Crippen MR) is 144 cm³/mol. The van der Waals surface area contributed by atoms with Gasteiger partial charge in [-0.15, -0.1) is 0 Å². The summed E-state index contributed by atoms with van der Waals surface area (Å²) in [7, 11) is -1.65. The van der Waals surface area contributed by atoms with Crippen LogP contribution in [-0.4, -0.2) is 38.3 Å². The standard InChI is InChI=1S/C29H22F2N4O4S/c30-21-7-8-22(31)26(27-24(2-1-10-33-27)39-18-5-3-17(13-32)4-6-18)20(21)15-40-25(29(36)37)12-23-28(40)34-16-35(23)14-19-9-11-38-19/h1-8,10,12,16,19,40H,9,11,14-15H2,(H,36,37). The van der Waals surface area contributed by atoms with E-state index < -0.39 is 28.5 Å². The van der Waals surface area contributed by atoms with Gasteiger partial charge in [0.1, 0.15) is 28.1 Å². The topological polar surface area (TPSA) is 110 Å². The molecule has 2 aliphatic rings. The largest absolute Gasteiger partial charge is 0.477 e. The lowest BCUT2D eigenvalue weighted by Gasteiger charge is -2.26. The van der Waals surface area contributed by atoms with Gasteiger partial charge in [-0.05, 0) is 61.0 Å². The van der Waals surface area contributed by atoms with Gasteiger partial charge in [-0.2, -0.15) is 16.2 Å². The van der Waals surface area contributed by atoms with Crippen LogP contribution in [0.15, 0.2) is 71.0 Å². The summed E-state index contributed by atoms with van der Waals surface area (Å²) >= 11 is 0. The van der Waals surface area contributed by atoms with Gasteiger partial charge in [0.05, 0.1) is 41.2 Å². The van der Waals surface area contributed by atoms with E-state index in [1.54, 1.807) is 48.8 Å². The summed E-state index contributed by atoms with van der Waals surface area (Å²) in [5, 5.41) is 19.6. The molecule has 0 radical (unpaired) electrons. The highest BCUT2D eigenvalue weighted by atomic mass is 32.2. The zero-order chi connectivity index (χ0) is 27.8.